The molecule has 6 nitrogen and oxygen atoms in total. The third-order valence-electron chi connectivity index (χ3n) is 5.40. The van der Waals surface area contributed by atoms with Crippen molar-refractivity contribution < 1.29 is 22.4 Å². The number of alkyl halides is 3. The second-order valence-electron chi connectivity index (χ2n) is 7.68. The number of rotatable bonds is 5. The number of hydrogen-bond donors (Lipinski definition) is 1. The van der Waals surface area contributed by atoms with Crippen molar-refractivity contribution in [2.75, 3.05) is 13.1 Å². The van der Waals surface area contributed by atoms with Gasteiger partial charge in [-0.1, -0.05) is 35.5 Å². The van der Waals surface area contributed by atoms with Crippen LogP contribution in [0.15, 0.2) is 54.6 Å². The van der Waals surface area contributed by atoms with Crippen molar-refractivity contribution in [2.45, 2.75) is 31.6 Å². The Balaban J connectivity index is 1.44. The van der Waals surface area contributed by atoms with E-state index in [-0.39, 0.29) is 11.7 Å². The van der Waals surface area contributed by atoms with Crippen molar-refractivity contribution in [3.8, 4) is 5.69 Å². The molecular formula is C22H21F4N5O. The van der Waals surface area contributed by atoms with Gasteiger partial charge < -0.3 is 5.32 Å². The third kappa shape index (κ3) is 4.96. The second-order valence-corrected chi connectivity index (χ2v) is 7.68. The Bertz CT molecular complexity index is 1060. The molecule has 0 spiro atoms. The lowest BCUT2D eigenvalue weighted by Crippen LogP contribution is -2.44. The molecule has 2 heterocycles. The van der Waals surface area contributed by atoms with Crippen LogP contribution in [0.3, 0.4) is 0 Å². The first-order valence-corrected chi connectivity index (χ1v) is 10.2. The van der Waals surface area contributed by atoms with Gasteiger partial charge in [0.1, 0.15) is 5.82 Å². The number of nitrogens with zero attached hydrogens (tertiary/aromatic N) is 4. The average Bonchev–Trinajstić information content (AvgIpc) is 3.22. The number of aromatic nitrogens is 3. The predicted octanol–water partition coefficient (Wildman–Crippen LogP) is 3.82. The SMILES string of the molecule is O=C(NC1CCN(Cc2ccccc2)CC1)c1nnn(-c2ccc(F)cc2)c1C(F)(F)F. The summed E-state index contributed by atoms with van der Waals surface area (Å²) in [5, 5.41) is 9.67. The highest BCUT2D eigenvalue weighted by Gasteiger charge is 2.42. The number of benzene rings is 2. The largest absolute Gasteiger partial charge is 0.435 e. The van der Waals surface area contributed by atoms with Gasteiger partial charge in [-0.05, 0) is 42.7 Å². The van der Waals surface area contributed by atoms with E-state index in [4.69, 9.17) is 0 Å². The highest BCUT2D eigenvalue weighted by Crippen LogP contribution is 2.33. The monoisotopic (exact) mass is 447 g/mol. The van der Waals surface area contributed by atoms with Crippen molar-refractivity contribution in [1.82, 2.24) is 25.2 Å². The summed E-state index contributed by atoms with van der Waals surface area (Å²) in [6.45, 7) is 2.22. The molecule has 1 aliphatic heterocycles. The Hall–Kier alpha value is -3.27. The van der Waals surface area contributed by atoms with Crippen molar-refractivity contribution in [2.24, 2.45) is 0 Å². The molecular weight excluding hydrogens is 426 g/mol. The Kier molecular flexibility index (Phi) is 6.22. The van der Waals surface area contributed by atoms with Crippen LogP contribution in [0.25, 0.3) is 5.69 Å². The Labute approximate surface area is 181 Å². The minimum atomic E-state index is -4.87. The van der Waals surface area contributed by atoms with E-state index in [2.05, 4.69) is 20.5 Å². The fourth-order valence-corrected chi connectivity index (χ4v) is 3.78. The maximum absolute atomic E-state index is 13.7. The topological polar surface area (TPSA) is 63.1 Å². The van der Waals surface area contributed by atoms with Crippen molar-refractivity contribution in [3.05, 3.63) is 77.4 Å². The fourth-order valence-electron chi connectivity index (χ4n) is 3.78. The lowest BCUT2D eigenvalue weighted by molar-refractivity contribution is -0.143. The van der Waals surface area contributed by atoms with Gasteiger partial charge in [-0.2, -0.15) is 13.2 Å². The summed E-state index contributed by atoms with van der Waals surface area (Å²) in [6, 6.07) is 14.0. The van der Waals surface area contributed by atoms with Gasteiger partial charge in [-0.3, -0.25) is 9.69 Å². The summed E-state index contributed by atoms with van der Waals surface area (Å²) in [7, 11) is 0. The molecule has 1 aromatic heterocycles. The number of nitrogens with one attached hydrogen (secondary N) is 1. The van der Waals surface area contributed by atoms with Gasteiger partial charge in [0.25, 0.3) is 5.91 Å². The number of likely N-dealkylation sites (tertiary alicyclic amines) is 1. The Morgan fingerprint density at radius 3 is 2.31 bits per heavy atom. The van der Waals surface area contributed by atoms with Gasteiger partial charge in [0.15, 0.2) is 11.4 Å². The van der Waals surface area contributed by atoms with Crippen LogP contribution in [-0.4, -0.2) is 44.9 Å². The maximum Gasteiger partial charge on any atom is 0.435 e. The Morgan fingerprint density at radius 2 is 1.69 bits per heavy atom. The van der Waals surface area contributed by atoms with Gasteiger partial charge >= 0.3 is 6.18 Å². The molecule has 4 rings (SSSR count). The Morgan fingerprint density at radius 1 is 1.03 bits per heavy atom. The smallest absolute Gasteiger partial charge is 0.348 e. The molecule has 32 heavy (non-hydrogen) atoms. The van der Waals surface area contributed by atoms with Crippen LogP contribution < -0.4 is 5.32 Å². The molecule has 3 aromatic rings. The summed E-state index contributed by atoms with van der Waals surface area (Å²) in [4.78, 5) is 14.9. The molecule has 168 valence electrons. The quantitative estimate of drug-likeness (QED) is 0.604. The van der Waals surface area contributed by atoms with E-state index in [1.165, 1.54) is 5.56 Å². The van der Waals surface area contributed by atoms with E-state index in [0.717, 1.165) is 30.8 Å². The lowest BCUT2D eigenvalue weighted by atomic mass is 10.0. The molecule has 0 bridgehead atoms. The highest BCUT2D eigenvalue weighted by molar-refractivity contribution is 5.93. The van der Waals surface area contributed by atoms with Crippen LogP contribution in [0.1, 0.15) is 34.6 Å². The van der Waals surface area contributed by atoms with Crippen molar-refractivity contribution in [1.29, 1.82) is 0 Å². The van der Waals surface area contributed by atoms with Crippen LogP contribution in [0.2, 0.25) is 0 Å². The van der Waals surface area contributed by atoms with Crippen LogP contribution in [0, 0.1) is 5.82 Å². The summed E-state index contributed by atoms with van der Waals surface area (Å²) < 4.78 is 54.9. The second kappa shape index (κ2) is 9.07. The summed E-state index contributed by atoms with van der Waals surface area (Å²) >= 11 is 0. The first-order valence-electron chi connectivity index (χ1n) is 10.2. The molecule has 1 fully saturated rings. The van der Waals surface area contributed by atoms with E-state index >= 15 is 0 Å². The molecule has 0 saturated carbocycles. The first kappa shape index (κ1) is 21.9. The summed E-state index contributed by atoms with van der Waals surface area (Å²) in [5.74, 6) is -1.52. The number of carbonyl (C=O) groups excluding carboxylic acids is 1. The number of amides is 1. The van der Waals surface area contributed by atoms with E-state index < -0.39 is 29.3 Å². The van der Waals surface area contributed by atoms with Crippen LogP contribution in [0.5, 0.6) is 0 Å². The van der Waals surface area contributed by atoms with Gasteiger partial charge in [0, 0.05) is 25.7 Å². The van der Waals surface area contributed by atoms with Gasteiger partial charge in [-0.15, -0.1) is 5.10 Å². The van der Waals surface area contributed by atoms with E-state index in [1.54, 1.807) is 0 Å². The zero-order chi connectivity index (χ0) is 22.7. The molecule has 1 amide bonds. The number of hydrogen-bond acceptors (Lipinski definition) is 4. The molecule has 1 aliphatic rings. The molecule has 0 atom stereocenters. The average molecular weight is 447 g/mol. The van der Waals surface area contributed by atoms with E-state index in [1.807, 2.05) is 30.3 Å². The summed E-state index contributed by atoms with van der Waals surface area (Å²) in [6.07, 6.45) is -3.64. The predicted molar refractivity (Wildman–Crippen MR) is 109 cm³/mol. The molecule has 0 radical (unpaired) electrons. The van der Waals surface area contributed by atoms with Crippen LogP contribution in [0.4, 0.5) is 17.6 Å². The minimum Gasteiger partial charge on any atom is -0.348 e. The summed E-state index contributed by atoms with van der Waals surface area (Å²) in [5.41, 5.74) is -0.946. The van der Waals surface area contributed by atoms with Crippen LogP contribution in [-0.2, 0) is 12.7 Å². The van der Waals surface area contributed by atoms with Crippen molar-refractivity contribution >= 4 is 5.91 Å². The van der Waals surface area contributed by atoms with Gasteiger partial charge in [0.2, 0.25) is 0 Å². The lowest BCUT2D eigenvalue weighted by Gasteiger charge is -2.32. The molecule has 2 aromatic carbocycles. The van der Waals surface area contributed by atoms with Crippen molar-refractivity contribution in [3.63, 3.8) is 0 Å². The zero-order valence-electron chi connectivity index (χ0n) is 17.0. The fraction of sp³-hybridized carbons (Fsp3) is 0.318. The molecule has 0 unspecified atom stereocenters. The van der Waals surface area contributed by atoms with E-state index in [0.29, 0.717) is 30.6 Å². The number of halogens is 4. The normalized spacial score (nSPS) is 15.6. The van der Waals surface area contributed by atoms with Gasteiger partial charge in [-0.25, -0.2) is 9.07 Å². The minimum absolute atomic E-state index is 0.0421. The molecule has 1 N–H and O–H groups in total. The van der Waals surface area contributed by atoms with E-state index in [9.17, 15) is 22.4 Å². The van der Waals surface area contributed by atoms with Gasteiger partial charge in [0.05, 0.1) is 5.69 Å². The standard InChI is InChI=1S/C22H21F4N5O/c23-16-6-8-18(9-7-16)31-20(22(24,25)26)19(28-29-31)21(32)27-17-10-12-30(13-11-17)14-15-4-2-1-3-5-15/h1-9,17H,10-14H2,(H,27,32). The molecule has 10 heteroatoms. The van der Waals surface area contributed by atoms with Crippen LogP contribution >= 0.6 is 0 Å². The molecule has 1 saturated heterocycles. The maximum atomic E-state index is 13.7. The number of carbonyl (C=O) groups is 1. The molecule has 0 aliphatic carbocycles. The number of piperidine rings is 1. The zero-order valence-corrected chi connectivity index (χ0v) is 17.0. The first-order chi connectivity index (χ1) is 15.3. The third-order valence-corrected chi connectivity index (χ3v) is 5.40. The highest BCUT2D eigenvalue weighted by atomic mass is 19.4.